The third-order valence-corrected chi connectivity index (χ3v) is 3.15. The first-order chi connectivity index (χ1) is 9.61. The van der Waals surface area contributed by atoms with Crippen LogP contribution in [0, 0.1) is 0 Å². The number of carbonyl (C=O) groups is 1. The number of hydrogen-bond donors (Lipinski definition) is 3. The van der Waals surface area contributed by atoms with Crippen molar-refractivity contribution in [1.82, 2.24) is 0 Å². The summed E-state index contributed by atoms with van der Waals surface area (Å²) >= 11 is 0. The Morgan fingerprint density at radius 2 is 1.75 bits per heavy atom. The lowest BCUT2D eigenvalue weighted by molar-refractivity contribution is 0.0697. The molecule has 0 radical (unpaired) electrons. The van der Waals surface area contributed by atoms with E-state index in [2.05, 4.69) is 0 Å². The predicted molar refractivity (Wildman–Crippen MR) is 77.6 cm³/mol. The van der Waals surface area contributed by atoms with E-state index in [1.807, 2.05) is 30.3 Å². The van der Waals surface area contributed by atoms with Crippen molar-refractivity contribution in [2.45, 2.75) is 12.5 Å². The van der Waals surface area contributed by atoms with E-state index >= 15 is 0 Å². The zero-order valence-electron chi connectivity index (χ0n) is 11.0. The number of aromatic carboxylic acids is 1. The number of benzene rings is 2. The Morgan fingerprint density at radius 3 is 2.35 bits per heavy atom. The molecule has 0 fully saturated rings. The van der Waals surface area contributed by atoms with Gasteiger partial charge in [-0.2, -0.15) is 0 Å². The van der Waals surface area contributed by atoms with Crippen molar-refractivity contribution >= 4 is 5.97 Å². The molecule has 1 atom stereocenters. The number of hydrogen-bond acceptors (Lipinski definition) is 3. The molecule has 0 saturated heterocycles. The molecule has 2 rings (SSSR count). The Labute approximate surface area is 117 Å². The van der Waals surface area contributed by atoms with Crippen LogP contribution < -0.4 is 5.73 Å². The fourth-order valence-corrected chi connectivity index (χ4v) is 2.11. The van der Waals surface area contributed by atoms with Gasteiger partial charge in [-0.3, -0.25) is 0 Å². The zero-order chi connectivity index (χ0) is 14.5. The molecule has 1 unspecified atom stereocenters. The Morgan fingerprint density at radius 1 is 1.10 bits per heavy atom. The van der Waals surface area contributed by atoms with E-state index in [-0.39, 0.29) is 18.2 Å². The van der Waals surface area contributed by atoms with Gasteiger partial charge in [0.05, 0.1) is 12.2 Å². The second kappa shape index (κ2) is 6.32. The lowest BCUT2D eigenvalue weighted by atomic mass is 9.97. The first kappa shape index (κ1) is 14.2. The van der Waals surface area contributed by atoms with E-state index in [0.717, 1.165) is 11.1 Å². The average Bonchev–Trinajstić information content (AvgIpc) is 2.48. The summed E-state index contributed by atoms with van der Waals surface area (Å²) in [6.07, 6.45) is 0.595. The minimum absolute atomic E-state index is 0.0520. The van der Waals surface area contributed by atoms with Crippen molar-refractivity contribution in [3.63, 3.8) is 0 Å². The van der Waals surface area contributed by atoms with Crippen LogP contribution in [0.25, 0.3) is 11.1 Å². The second-order valence-electron chi connectivity index (χ2n) is 4.69. The maximum Gasteiger partial charge on any atom is 0.336 e. The summed E-state index contributed by atoms with van der Waals surface area (Å²) in [6.45, 7) is -0.0520. The molecule has 0 amide bonds. The maximum absolute atomic E-state index is 11.2. The van der Waals surface area contributed by atoms with Crippen molar-refractivity contribution in [3.8, 4) is 11.1 Å². The molecule has 2 aromatic rings. The molecule has 0 bridgehead atoms. The largest absolute Gasteiger partial charge is 0.478 e. The first-order valence-electron chi connectivity index (χ1n) is 6.40. The minimum atomic E-state index is -0.938. The molecular formula is C16H17NO3. The molecule has 104 valence electrons. The molecule has 20 heavy (non-hydrogen) atoms. The summed E-state index contributed by atoms with van der Waals surface area (Å²) < 4.78 is 0. The topological polar surface area (TPSA) is 83.5 Å². The summed E-state index contributed by atoms with van der Waals surface area (Å²) in [7, 11) is 0. The van der Waals surface area contributed by atoms with E-state index < -0.39 is 5.97 Å². The summed E-state index contributed by atoms with van der Waals surface area (Å²) in [6, 6.07) is 14.2. The van der Waals surface area contributed by atoms with E-state index in [4.69, 9.17) is 10.8 Å². The number of rotatable bonds is 5. The van der Waals surface area contributed by atoms with Gasteiger partial charge in [0.1, 0.15) is 0 Å². The number of carboxylic acids is 1. The summed E-state index contributed by atoms with van der Waals surface area (Å²) in [5.41, 5.74) is 8.54. The third-order valence-electron chi connectivity index (χ3n) is 3.15. The molecule has 4 nitrogen and oxygen atoms in total. The van der Waals surface area contributed by atoms with Gasteiger partial charge in [-0.05, 0) is 29.2 Å². The van der Waals surface area contributed by atoms with Gasteiger partial charge in [0.25, 0.3) is 0 Å². The third kappa shape index (κ3) is 3.23. The molecular weight excluding hydrogens is 254 g/mol. The first-order valence-corrected chi connectivity index (χ1v) is 6.40. The van der Waals surface area contributed by atoms with E-state index in [1.54, 1.807) is 18.2 Å². The summed E-state index contributed by atoms with van der Waals surface area (Å²) in [4.78, 5) is 11.2. The van der Waals surface area contributed by atoms with Gasteiger partial charge in [0.15, 0.2) is 0 Å². The molecule has 0 aliphatic rings. The molecule has 0 heterocycles. The predicted octanol–water partition coefficient (Wildman–Crippen LogP) is 1.91. The van der Waals surface area contributed by atoms with Gasteiger partial charge in [-0.15, -0.1) is 0 Å². The van der Waals surface area contributed by atoms with Crippen molar-refractivity contribution < 1.29 is 15.0 Å². The molecule has 0 aliphatic heterocycles. The minimum Gasteiger partial charge on any atom is -0.478 e. The maximum atomic E-state index is 11.2. The molecule has 0 saturated carbocycles. The smallest absolute Gasteiger partial charge is 0.336 e. The van der Waals surface area contributed by atoms with E-state index in [9.17, 15) is 9.90 Å². The van der Waals surface area contributed by atoms with Gasteiger partial charge in [0, 0.05) is 6.04 Å². The molecule has 2 aromatic carbocycles. The van der Waals surface area contributed by atoms with Crippen LogP contribution in [0.3, 0.4) is 0 Å². The van der Waals surface area contributed by atoms with Crippen molar-refractivity contribution in [2.75, 3.05) is 6.61 Å². The highest BCUT2D eigenvalue weighted by Gasteiger charge is 2.10. The van der Waals surface area contributed by atoms with Crippen LogP contribution >= 0.6 is 0 Å². The SMILES string of the molecule is NC(CO)Cc1ccc(-c2ccccc2C(=O)O)cc1. The monoisotopic (exact) mass is 271 g/mol. The van der Waals surface area contributed by atoms with Crippen LogP contribution in [0.5, 0.6) is 0 Å². The van der Waals surface area contributed by atoms with Crippen LogP contribution in [0.1, 0.15) is 15.9 Å². The second-order valence-corrected chi connectivity index (χ2v) is 4.69. The quantitative estimate of drug-likeness (QED) is 0.775. The number of carboxylic acid groups (broad SMARTS) is 1. The summed E-state index contributed by atoms with van der Waals surface area (Å²) in [5, 5.41) is 18.1. The highest BCUT2D eigenvalue weighted by molar-refractivity contribution is 5.95. The van der Waals surface area contributed by atoms with Crippen molar-refractivity contribution in [1.29, 1.82) is 0 Å². The zero-order valence-corrected chi connectivity index (χ0v) is 11.0. The lowest BCUT2D eigenvalue weighted by Crippen LogP contribution is -2.26. The normalized spacial score (nSPS) is 12.1. The van der Waals surface area contributed by atoms with Gasteiger partial charge < -0.3 is 15.9 Å². The van der Waals surface area contributed by atoms with Crippen LogP contribution in [0.2, 0.25) is 0 Å². The van der Waals surface area contributed by atoms with Crippen molar-refractivity contribution in [2.24, 2.45) is 5.73 Å². The fourth-order valence-electron chi connectivity index (χ4n) is 2.11. The van der Waals surface area contributed by atoms with E-state index in [1.165, 1.54) is 0 Å². The fraction of sp³-hybridized carbons (Fsp3) is 0.188. The van der Waals surface area contributed by atoms with Crippen LogP contribution in [0.4, 0.5) is 0 Å². The van der Waals surface area contributed by atoms with E-state index in [0.29, 0.717) is 12.0 Å². The van der Waals surface area contributed by atoms with Crippen LogP contribution in [0.15, 0.2) is 48.5 Å². The Balaban J connectivity index is 2.29. The summed E-state index contributed by atoms with van der Waals surface area (Å²) in [5.74, 6) is -0.938. The Kier molecular flexibility index (Phi) is 4.50. The van der Waals surface area contributed by atoms with Crippen LogP contribution in [-0.2, 0) is 6.42 Å². The van der Waals surface area contributed by atoms with Gasteiger partial charge in [-0.1, -0.05) is 42.5 Å². The van der Waals surface area contributed by atoms with Crippen molar-refractivity contribution in [3.05, 3.63) is 59.7 Å². The average molecular weight is 271 g/mol. The highest BCUT2D eigenvalue weighted by atomic mass is 16.4. The molecule has 0 aromatic heterocycles. The Bertz CT molecular complexity index is 593. The van der Waals surface area contributed by atoms with Gasteiger partial charge in [-0.25, -0.2) is 4.79 Å². The number of nitrogens with two attached hydrogens (primary N) is 1. The molecule has 4 N–H and O–H groups in total. The molecule has 4 heteroatoms. The molecule has 0 aliphatic carbocycles. The number of aliphatic hydroxyl groups excluding tert-OH is 1. The van der Waals surface area contributed by atoms with Gasteiger partial charge in [0.2, 0.25) is 0 Å². The molecule has 0 spiro atoms. The van der Waals surface area contributed by atoms with Gasteiger partial charge >= 0.3 is 5.97 Å². The Hall–Kier alpha value is -2.17. The highest BCUT2D eigenvalue weighted by Crippen LogP contribution is 2.24. The number of aliphatic hydroxyl groups is 1. The standard InChI is InChI=1S/C16H17NO3/c17-13(10-18)9-11-5-7-12(8-6-11)14-3-1-2-4-15(14)16(19)20/h1-8,13,18H,9-10,17H2,(H,19,20). The van der Waals surface area contributed by atoms with Crippen LogP contribution in [-0.4, -0.2) is 28.8 Å². The lowest BCUT2D eigenvalue weighted by Gasteiger charge is -2.10.